The van der Waals surface area contributed by atoms with Crippen LogP contribution >= 0.6 is 11.3 Å². The smallest absolute Gasteiger partial charge is 0.116 e. The van der Waals surface area contributed by atoms with Crippen LogP contribution in [0.5, 0.6) is 0 Å². The van der Waals surface area contributed by atoms with E-state index in [9.17, 15) is 0 Å². The fourth-order valence-electron chi connectivity index (χ4n) is 4.49. The van der Waals surface area contributed by atoms with Crippen LogP contribution in [0.1, 0.15) is 25.3 Å². The van der Waals surface area contributed by atoms with Gasteiger partial charge in [0, 0.05) is 15.6 Å². The minimum atomic E-state index is 0.478. The zero-order valence-corrected chi connectivity index (χ0v) is 17.7. The van der Waals surface area contributed by atoms with Crippen molar-refractivity contribution in [2.24, 2.45) is 0 Å². The van der Waals surface area contributed by atoms with E-state index in [-0.39, 0.29) is 0 Å². The summed E-state index contributed by atoms with van der Waals surface area (Å²) >= 11 is 1.79. The lowest BCUT2D eigenvalue weighted by Gasteiger charge is -2.13. The molecule has 2 aromatic heterocycles. The molecule has 6 aromatic rings. The third kappa shape index (κ3) is 2.55. The van der Waals surface area contributed by atoms with Crippen LogP contribution in [0.2, 0.25) is 0 Å². The Morgan fingerprint density at radius 3 is 2.27 bits per heavy atom. The second-order valence-electron chi connectivity index (χ2n) is 8.10. The Morgan fingerprint density at radius 2 is 1.47 bits per heavy atom. The Morgan fingerprint density at radius 1 is 0.733 bits per heavy atom. The number of fused-ring (bicyclic) bond motifs is 5. The molecule has 0 fully saturated rings. The van der Waals surface area contributed by atoms with Crippen molar-refractivity contribution in [3.05, 3.63) is 84.7 Å². The summed E-state index contributed by atoms with van der Waals surface area (Å²) in [5, 5.41) is 6.28. The molecule has 30 heavy (non-hydrogen) atoms. The first-order chi connectivity index (χ1) is 14.7. The molecule has 144 valence electrons. The summed E-state index contributed by atoms with van der Waals surface area (Å²) in [5.74, 6) is 0.478. The topological polar surface area (TPSA) is 25.8 Å². The molecule has 0 saturated heterocycles. The van der Waals surface area contributed by atoms with Gasteiger partial charge >= 0.3 is 0 Å². The zero-order chi connectivity index (χ0) is 20.2. The molecule has 4 aromatic carbocycles. The Hall–Kier alpha value is -3.30. The van der Waals surface area contributed by atoms with Crippen molar-refractivity contribution in [1.29, 1.82) is 0 Å². The zero-order valence-electron chi connectivity index (χ0n) is 16.9. The summed E-state index contributed by atoms with van der Waals surface area (Å²) in [6.45, 7) is 4.50. The van der Waals surface area contributed by atoms with Gasteiger partial charge in [-0.2, -0.15) is 0 Å². The van der Waals surface area contributed by atoms with E-state index in [1.54, 1.807) is 17.7 Å². The van der Waals surface area contributed by atoms with Crippen LogP contribution in [0.15, 0.2) is 79.1 Å². The van der Waals surface area contributed by atoms with Gasteiger partial charge in [-0.15, -0.1) is 11.3 Å². The van der Waals surface area contributed by atoms with Gasteiger partial charge in [0.15, 0.2) is 0 Å². The summed E-state index contributed by atoms with van der Waals surface area (Å²) < 4.78 is 2.42. The molecule has 0 bridgehead atoms. The molecule has 0 unspecified atom stereocenters. The lowest BCUT2D eigenvalue weighted by Crippen LogP contribution is -1.93. The second kappa shape index (κ2) is 6.61. The first kappa shape index (κ1) is 17.5. The van der Waals surface area contributed by atoms with Gasteiger partial charge in [-0.25, -0.2) is 9.97 Å². The highest BCUT2D eigenvalue weighted by molar-refractivity contribution is 7.26. The van der Waals surface area contributed by atoms with Gasteiger partial charge in [0.25, 0.3) is 0 Å². The van der Waals surface area contributed by atoms with Crippen LogP contribution in [0.4, 0.5) is 0 Å². The third-order valence-corrected chi connectivity index (χ3v) is 7.10. The van der Waals surface area contributed by atoms with Gasteiger partial charge in [-0.05, 0) is 45.2 Å². The molecule has 0 spiro atoms. The number of thiophene rings is 1. The molecule has 0 saturated carbocycles. The maximum Gasteiger partial charge on any atom is 0.116 e. The SMILES string of the molecule is CC(C)c1ccc(-c2ncnc3c2sc2cc4ccccc4cc23)c2ccccc12. The largest absolute Gasteiger partial charge is 0.235 e. The number of nitrogens with zero attached hydrogens (tertiary/aromatic N) is 2. The van der Waals surface area contributed by atoms with Gasteiger partial charge in [0.2, 0.25) is 0 Å². The minimum Gasteiger partial charge on any atom is -0.235 e. The van der Waals surface area contributed by atoms with Crippen molar-refractivity contribution in [3.8, 4) is 11.3 Å². The second-order valence-corrected chi connectivity index (χ2v) is 9.15. The first-order valence-electron chi connectivity index (χ1n) is 10.3. The Balaban J connectivity index is 1.69. The lowest BCUT2D eigenvalue weighted by atomic mass is 9.92. The van der Waals surface area contributed by atoms with Crippen molar-refractivity contribution in [2.45, 2.75) is 19.8 Å². The fraction of sp³-hybridized carbons (Fsp3) is 0.111. The van der Waals surface area contributed by atoms with Gasteiger partial charge in [0.05, 0.1) is 15.9 Å². The normalized spacial score (nSPS) is 12.0. The van der Waals surface area contributed by atoms with Crippen LogP contribution in [0.3, 0.4) is 0 Å². The molecular weight excluding hydrogens is 384 g/mol. The van der Waals surface area contributed by atoms with Gasteiger partial charge in [-0.3, -0.25) is 0 Å². The van der Waals surface area contributed by atoms with Crippen LogP contribution in [-0.4, -0.2) is 9.97 Å². The average Bonchev–Trinajstić information content (AvgIpc) is 3.14. The molecule has 0 N–H and O–H groups in total. The van der Waals surface area contributed by atoms with Crippen molar-refractivity contribution < 1.29 is 0 Å². The van der Waals surface area contributed by atoms with E-state index in [1.807, 2.05) is 0 Å². The highest BCUT2D eigenvalue weighted by Gasteiger charge is 2.16. The van der Waals surface area contributed by atoms with E-state index in [4.69, 9.17) is 4.98 Å². The van der Waals surface area contributed by atoms with Gasteiger partial charge < -0.3 is 0 Å². The monoisotopic (exact) mass is 404 g/mol. The molecule has 0 radical (unpaired) electrons. The fourth-order valence-corrected chi connectivity index (χ4v) is 5.68. The molecular formula is C27H20N2S. The van der Waals surface area contributed by atoms with E-state index >= 15 is 0 Å². The average molecular weight is 405 g/mol. The summed E-state index contributed by atoms with van der Waals surface area (Å²) in [7, 11) is 0. The highest BCUT2D eigenvalue weighted by Crippen LogP contribution is 2.41. The molecule has 0 amide bonds. The van der Waals surface area contributed by atoms with Crippen molar-refractivity contribution in [3.63, 3.8) is 0 Å². The van der Waals surface area contributed by atoms with E-state index in [2.05, 4.69) is 91.6 Å². The predicted octanol–water partition coefficient (Wildman–Crippen LogP) is 7.94. The molecule has 2 heterocycles. The summed E-state index contributed by atoms with van der Waals surface area (Å²) in [5.41, 5.74) is 4.63. The Labute approximate surface area is 178 Å². The quantitative estimate of drug-likeness (QED) is 0.293. The minimum absolute atomic E-state index is 0.478. The molecule has 6 rings (SSSR count). The van der Waals surface area contributed by atoms with Crippen molar-refractivity contribution in [1.82, 2.24) is 9.97 Å². The molecule has 0 atom stereocenters. The third-order valence-electron chi connectivity index (χ3n) is 5.95. The number of benzene rings is 4. The van der Waals surface area contributed by atoms with E-state index in [0.29, 0.717) is 5.92 Å². The van der Waals surface area contributed by atoms with Gasteiger partial charge in [0.1, 0.15) is 6.33 Å². The van der Waals surface area contributed by atoms with E-state index in [1.165, 1.54) is 42.8 Å². The highest BCUT2D eigenvalue weighted by atomic mass is 32.1. The molecule has 3 heteroatoms. The van der Waals surface area contributed by atoms with E-state index < -0.39 is 0 Å². The molecule has 2 nitrogen and oxygen atoms in total. The Kier molecular flexibility index (Phi) is 3.87. The van der Waals surface area contributed by atoms with Crippen LogP contribution < -0.4 is 0 Å². The molecule has 0 aliphatic heterocycles. The maximum absolute atomic E-state index is 4.77. The van der Waals surface area contributed by atoms with Crippen LogP contribution in [-0.2, 0) is 0 Å². The summed E-state index contributed by atoms with van der Waals surface area (Å²) in [4.78, 5) is 9.45. The lowest BCUT2D eigenvalue weighted by molar-refractivity contribution is 0.876. The maximum atomic E-state index is 4.77. The van der Waals surface area contributed by atoms with Crippen LogP contribution in [0, 0.1) is 0 Å². The molecule has 0 aliphatic carbocycles. The number of aromatic nitrogens is 2. The van der Waals surface area contributed by atoms with Crippen molar-refractivity contribution >= 4 is 53.2 Å². The van der Waals surface area contributed by atoms with Crippen LogP contribution in [0.25, 0.3) is 53.1 Å². The standard InChI is InChI=1S/C27H20N2S/c1-16(2)19-11-12-22(21-10-6-5-9-20(19)21)25-27-26(29-15-28-25)23-13-17-7-3-4-8-18(17)14-24(23)30-27/h3-16H,1-2H3. The molecule has 0 aliphatic rings. The summed E-state index contributed by atoms with van der Waals surface area (Å²) in [6.07, 6.45) is 1.71. The number of rotatable bonds is 2. The first-order valence-corrected chi connectivity index (χ1v) is 11.1. The Bertz CT molecular complexity index is 1580. The number of hydrogen-bond donors (Lipinski definition) is 0. The van der Waals surface area contributed by atoms with E-state index in [0.717, 1.165) is 15.9 Å². The van der Waals surface area contributed by atoms with Crippen molar-refractivity contribution in [2.75, 3.05) is 0 Å². The number of hydrogen-bond acceptors (Lipinski definition) is 3. The van der Waals surface area contributed by atoms with Gasteiger partial charge in [-0.1, -0.05) is 74.5 Å². The predicted molar refractivity (Wildman–Crippen MR) is 129 cm³/mol. The summed E-state index contributed by atoms with van der Waals surface area (Å²) in [6, 6.07) is 26.2.